The van der Waals surface area contributed by atoms with Crippen molar-refractivity contribution in [2.24, 2.45) is 0 Å². The Kier molecular flexibility index (Phi) is 5.76. The number of rotatable bonds is 8. The first-order chi connectivity index (χ1) is 10.2. The van der Waals surface area contributed by atoms with Gasteiger partial charge in [0.25, 0.3) is 0 Å². The standard InChI is InChI=1S/C16H22ClNO3/c1-11(8-17)10-21-16-14(19-2)6-12(7-15(16)20-3)9-18-13-4-5-13/h6-8,13,18H,4-5,9-10H2,1-3H3/b11-8+. The van der Waals surface area contributed by atoms with Gasteiger partial charge in [0.1, 0.15) is 6.61 Å². The Labute approximate surface area is 131 Å². The minimum Gasteiger partial charge on any atom is -0.493 e. The van der Waals surface area contributed by atoms with E-state index in [4.69, 9.17) is 25.8 Å². The Bertz CT molecular complexity index is 487. The second kappa shape index (κ2) is 7.57. The predicted octanol–water partition coefficient (Wildman–Crippen LogP) is 3.48. The summed E-state index contributed by atoms with van der Waals surface area (Å²) in [5.41, 5.74) is 3.56. The molecule has 2 rings (SSSR count). The maximum atomic E-state index is 5.77. The Morgan fingerprint density at radius 2 is 1.90 bits per heavy atom. The Morgan fingerprint density at radius 3 is 2.38 bits per heavy atom. The van der Waals surface area contributed by atoms with E-state index in [1.54, 1.807) is 14.2 Å². The van der Waals surface area contributed by atoms with E-state index in [2.05, 4.69) is 5.32 Å². The lowest BCUT2D eigenvalue weighted by Gasteiger charge is -2.16. The summed E-state index contributed by atoms with van der Waals surface area (Å²) >= 11 is 5.65. The number of nitrogens with one attached hydrogen (secondary N) is 1. The topological polar surface area (TPSA) is 39.7 Å². The van der Waals surface area contributed by atoms with Gasteiger partial charge in [-0.1, -0.05) is 11.6 Å². The molecule has 1 aromatic rings. The van der Waals surface area contributed by atoms with E-state index >= 15 is 0 Å². The Hall–Kier alpha value is -1.39. The largest absolute Gasteiger partial charge is 0.493 e. The predicted molar refractivity (Wildman–Crippen MR) is 84.5 cm³/mol. The van der Waals surface area contributed by atoms with Crippen LogP contribution in [0.2, 0.25) is 0 Å². The molecule has 0 atom stereocenters. The number of methoxy groups -OCH3 is 2. The Morgan fingerprint density at radius 1 is 1.29 bits per heavy atom. The summed E-state index contributed by atoms with van der Waals surface area (Å²) in [5.74, 6) is 1.95. The van der Waals surface area contributed by atoms with Gasteiger partial charge in [-0.25, -0.2) is 0 Å². The highest BCUT2D eigenvalue weighted by Gasteiger charge is 2.21. The van der Waals surface area contributed by atoms with E-state index in [1.807, 2.05) is 19.1 Å². The summed E-state index contributed by atoms with van der Waals surface area (Å²) in [5, 5.41) is 3.48. The van der Waals surface area contributed by atoms with E-state index in [1.165, 1.54) is 18.4 Å². The second-order valence-corrected chi connectivity index (χ2v) is 5.45. The smallest absolute Gasteiger partial charge is 0.203 e. The summed E-state index contributed by atoms with van der Waals surface area (Å²) < 4.78 is 16.6. The summed E-state index contributed by atoms with van der Waals surface area (Å²) in [4.78, 5) is 0. The average Bonchev–Trinajstić information content (AvgIpc) is 3.34. The van der Waals surface area contributed by atoms with E-state index in [0.29, 0.717) is 29.9 Å². The highest BCUT2D eigenvalue weighted by atomic mass is 35.5. The molecule has 0 spiro atoms. The van der Waals surface area contributed by atoms with Crippen LogP contribution >= 0.6 is 11.6 Å². The minimum atomic E-state index is 0.399. The van der Waals surface area contributed by atoms with Crippen LogP contribution < -0.4 is 19.5 Å². The van der Waals surface area contributed by atoms with E-state index in [-0.39, 0.29) is 0 Å². The van der Waals surface area contributed by atoms with Crippen LogP contribution in [-0.2, 0) is 6.54 Å². The number of halogens is 1. The van der Waals surface area contributed by atoms with Crippen LogP contribution in [0.3, 0.4) is 0 Å². The molecule has 0 aliphatic heterocycles. The van der Waals surface area contributed by atoms with E-state index < -0.39 is 0 Å². The lowest BCUT2D eigenvalue weighted by molar-refractivity contribution is 0.295. The molecule has 0 aromatic heterocycles. The molecule has 21 heavy (non-hydrogen) atoms. The van der Waals surface area contributed by atoms with Crippen molar-refractivity contribution >= 4 is 11.6 Å². The van der Waals surface area contributed by atoms with E-state index in [0.717, 1.165) is 17.7 Å². The molecule has 0 bridgehead atoms. The first-order valence-electron chi connectivity index (χ1n) is 7.04. The van der Waals surface area contributed by atoms with Gasteiger partial charge in [0, 0.05) is 18.1 Å². The first kappa shape index (κ1) is 16.0. The van der Waals surface area contributed by atoms with Crippen molar-refractivity contribution in [2.45, 2.75) is 32.4 Å². The maximum Gasteiger partial charge on any atom is 0.203 e. The van der Waals surface area contributed by atoms with Gasteiger partial charge in [-0.15, -0.1) is 0 Å². The summed E-state index contributed by atoms with van der Waals surface area (Å²) in [6, 6.07) is 4.62. The van der Waals surface area contributed by atoms with Crippen LogP contribution in [0.1, 0.15) is 25.3 Å². The number of ether oxygens (including phenoxy) is 3. The summed E-state index contributed by atoms with van der Waals surface area (Å²) in [6.07, 6.45) is 2.53. The molecule has 1 saturated carbocycles. The molecule has 5 heteroatoms. The quantitative estimate of drug-likeness (QED) is 0.798. The summed E-state index contributed by atoms with van der Waals surface area (Å²) in [7, 11) is 3.26. The van der Waals surface area contributed by atoms with Crippen molar-refractivity contribution in [3.8, 4) is 17.2 Å². The van der Waals surface area contributed by atoms with Crippen LogP contribution in [0.25, 0.3) is 0 Å². The zero-order chi connectivity index (χ0) is 15.2. The van der Waals surface area contributed by atoms with Crippen LogP contribution in [0, 0.1) is 0 Å². The third-order valence-corrected chi connectivity index (χ3v) is 3.70. The second-order valence-electron chi connectivity index (χ2n) is 5.23. The van der Waals surface area contributed by atoms with E-state index in [9.17, 15) is 0 Å². The molecular weight excluding hydrogens is 290 g/mol. The molecule has 116 valence electrons. The molecule has 1 N–H and O–H groups in total. The fraction of sp³-hybridized carbons (Fsp3) is 0.500. The monoisotopic (exact) mass is 311 g/mol. The molecule has 1 aliphatic rings. The summed E-state index contributed by atoms with van der Waals surface area (Å²) in [6.45, 7) is 3.11. The van der Waals surface area contributed by atoms with Crippen LogP contribution in [0.15, 0.2) is 23.2 Å². The normalized spacial score (nSPS) is 15.0. The molecule has 0 heterocycles. The zero-order valence-electron chi connectivity index (χ0n) is 12.7. The third-order valence-electron chi connectivity index (χ3n) is 3.32. The van der Waals surface area contributed by atoms with Crippen molar-refractivity contribution in [3.05, 3.63) is 28.8 Å². The van der Waals surface area contributed by atoms with Crippen LogP contribution in [0.5, 0.6) is 17.2 Å². The Balaban J connectivity index is 2.16. The van der Waals surface area contributed by atoms with Gasteiger partial charge in [-0.3, -0.25) is 0 Å². The molecule has 0 saturated heterocycles. The van der Waals surface area contributed by atoms with Crippen molar-refractivity contribution in [1.29, 1.82) is 0 Å². The van der Waals surface area contributed by atoms with Gasteiger partial charge in [0.2, 0.25) is 5.75 Å². The molecular formula is C16H22ClNO3. The molecule has 1 aliphatic carbocycles. The van der Waals surface area contributed by atoms with Crippen LogP contribution in [-0.4, -0.2) is 26.9 Å². The lowest BCUT2D eigenvalue weighted by atomic mass is 10.1. The van der Waals surface area contributed by atoms with Crippen molar-refractivity contribution in [3.63, 3.8) is 0 Å². The van der Waals surface area contributed by atoms with Gasteiger partial charge in [-0.05, 0) is 43.0 Å². The SMILES string of the molecule is COc1cc(CNC2CC2)cc(OC)c1OC/C(C)=C/Cl. The molecule has 0 unspecified atom stereocenters. The van der Waals surface area contributed by atoms with Crippen LogP contribution in [0.4, 0.5) is 0 Å². The van der Waals surface area contributed by atoms with Crippen molar-refractivity contribution in [1.82, 2.24) is 5.32 Å². The third kappa shape index (κ3) is 4.55. The highest BCUT2D eigenvalue weighted by molar-refractivity contribution is 6.25. The number of hydrogen-bond acceptors (Lipinski definition) is 4. The first-order valence-corrected chi connectivity index (χ1v) is 7.48. The molecule has 1 aromatic carbocycles. The highest BCUT2D eigenvalue weighted by Crippen LogP contribution is 2.39. The van der Waals surface area contributed by atoms with Gasteiger partial charge >= 0.3 is 0 Å². The molecule has 4 nitrogen and oxygen atoms in total. The van der Waals surface area contributed by atoms with Crippen molar-refractivity contribution < 1.29 is 14.2 Å². The fourth-order valence-corrected chi connectivity index (χ4v) is 2.01. The van der Waals surface area contributed by atoms with Crippen molar-refractivity contribution in [2.75, 3.05) is 20.8 Å². The lowest BCUT2D eigenvalue weighted by Crippen LogP contribution is -2.15. The number of benzene rings is 1. The molecule has 0 amide bonds. The molecule has 1 fully saturated rings. The van der Waals surface area contributed by atoms with Gasteiger partial charge in [-0.2, -0.15) is 0 Å². The zero-order valence-corrected chi connectivity index (χ0v) is 13.5. The molecule has 0 radical (unpaired) electrons. The fourth-order valence-electron chi connectivity index (χ4n) is 1.95. The minimum absolute atomic E-state index is 0.399. The maximum absolute atomic E-state index is 5.77. The number of hydrogen-bond donors (Lipinski definition) is 1. The average molecular weight is 312 g/mol. The van der Waals surface area contributed by atoms with Gasteiger partial charge in [0.15, 0.2) is 11.5 Å². The van der Waals surface area contributed by atoms with Gasteiger partial charge < -0.3 is 19.5 Å². The van der Waals surface area contributed by atoms with Gasteiger partial charge in [0.05, 0.1) is 14.2 Å².